The van der Waals surface area contributed by atoms with Gasteiger partial charge in [-0.25, -0.2) is 9.78 Å². The lowest BCUT2D eigenvalue weighted by Gasteiger charge is -2.24. The van der Waals surface area contributed by atoms with E-state index in [0.29, 0.717) is 12.5 Å². The van der Waals surface area contributed by atoms with Crippen molar-refractivity contribution in [3.05, 3.63) is 33.0 Å². The molecule has 7 heteroatoms. The quantitative estimate of drug-likeness (QED) is 0.878. The fraction of sp³-hybridized carbons (Fsp3) is 0.562. The summed E-state index contributed by atoms with van der Waals surface area (Å²) in [6.45, 7) is 10.7. The van der Waals surface area contributed by atoms with Crippen LogP contribution in [0.15, 0.2) is 6.20 Å². The Morgan fingerprint density at radius 1 is 1.39 bits per heavy atom. The van der Waals surface area contributed by atoms with E-state index in [4.69, 9.17) is 0 Å². The number of amides is 2. The van der Waals surface area contributed by atoms with Crippen molar-refractivity contribution in [3.8, 4) is 0 Å². The van der Waals surface area contributed by atoms with E-state index in [9.17, 15) is 4.79 Å². The summed E-state index contributed by atoms with van der Waals surface area (Å²) in [4.78, 5) is 19.9. The Morgan fingerprint density at radius 3 is 2.61 bits per heavy atom. The zero-order valence-corrected chi connectivity index (χ0v) is 15.4. The molecule has 0 bridgehead atoms. The molecule has 2 heterocycles. The summed E-state index contributed by atoms with van der Waals surface area (Å²) < 4.78 is 0. The van der Waals surface area contributed by atoms with Gasteiger partial charge in [0, 0.05) is 35.6 Å². The van der Waals surface area contributed by atoms with Gasteiger partial charge < -0.3 is 10.2 Å². The van der Waals surface area contributed by atoms with Gasteiger partial charge in [-0.1, -0.05) is 13.8 Å². The maximum absolute atomic E-state index is 12.4. The topological polar surface area (TPSA) is 73.9 Å². The molecular formula is C16H25N5OS. The molecule has 0 saturated heterocycles. The third kappa shape index (κ3) is 3.90. The summed E-state index contributed by atoms with van der Waals surface area (Å²) in [5.74, 6) is 0.405. The molecule has 0 fully saturated rings. The predicted octanol–water partition coefficient (Wildman–Crippen LogP) is 3.51. The molecule has 0 aliphatic rings. The van der Waals surface area contributed by atoms with Gasteiger partial charge in [0.15, 0.2) is 0 Å². The summed E-state index contributed by atoms with van der Waals surface area (Å²) in [7, 11) is 1.82. The third-order valence-corrected chi connectivity index (χ3v) is 5.62. The molecule has 0 radical (unpaired) electrons. The van der Waals surface area contributed by atoms with Crippen LogP contribution in [0.25, 0.3) is 0 Å². The molecule has 0 saturated carbocycles. The van der Waals surface area contributed by atoms with Gasteiger partial charge in [0.05, 0.1) is 22.9 Å². The smallest absolute Gasteiger partial charge is 0.317 e. The maximum atomic E-state index is 12.4. The van der Waals surface area contributed by atoms with E-state index < -0.39 is 0 Å². The van der Waals surface area contributed by atoms with E-state index in [-0.39, 0.29) is 12.1 Å². The first kappa shape index (κ1) is 17.5. The van der Waals surface area contributed by atoms with Crippen molar-refractivity contribution in [3.63, 3.8) is 0 Å². The lowest BCUT2D eigenvalue weighted by atomic mass is 10.2. The van der Waals surface area contributed by atoms with Crippen molar-refractivity contribution in [2.75, 3.05) is 7.05 Å². The van der Waals surface area contributed by atoms with Gasteiger partial charge in [-0.2, -0.15) is 5.10 Å². The van der Waals surface area contributed by atoms with Gasteiger partial charge in [-0.05, 0) is 20.8 Å². The van der Waals surface area contributed by atoms with Crippen LogP contribution in [-0.4, -0.2) is 33.2 Å². The molecule has 0 aromatic carbocycles. The summed E-state index contributed by atoms with van der Waals surface area (Å²) in [6, 6.07) is -0.109. The van der Waals surface area contributed by atoms with Gasteiger partial charge in [0.1, 0.15) is 0 Å². The number of aromatic amines is 1. The second-order valence-electron chi connectivity index (χ2n) is 6.12. The number of aromatic nitrogens is 3. The van der Waals surface area contributed by atoms with Crippen LogP contribution in [0.2, 0.25) is 0 Å². The van der Waals surface area contributed by atoms with Crippen LogP contribution in [0.5, 0.6) is 0 Å². The fourth-order valence-electron chi connectivity index (χ4n) is 2.27. The molecule has 0 aliphatic heterocycles. The Bertz CT molecular complexity index is 676. The van der Waals surface area contributed by atoms with E-state index in [1.165, 1.54) is 0 Å². The van der Waals surface area contributed by atoms with E-state index in [1.807, 2.05) is 27.8 Å². The molecule has 0 aliphatic carbocycles. The highest BCUT2D eigenvalue weighted by atomic mass is 32.1. The molecule has 126 valence electrons. The Labute approximate surface area is 141 Å². The number of nitrogens with one attached hydrogen (secondary N) is 2. The minimum atomic E-state index is -0.100. The summed E-state index contributed by atoms with van der Waals surface area (Å²) in [6.07, 6.45) is 1.74. The number of nitrogens with zero attached hydrogens (tertiary/aromatic N) is 3. The Morgan fingerprint density at radius 2 is 2.09 bits per heavy atom. The number of hydrogen-bond donors (Lipinski definition) is 2. The summed E-state index contributed by atoms with van der Waals surface area (Å²) in [5, 5.41) is 10.9. The number of carbonyl (C=O) groups is 1. The van der Waals surface area contributed by atoms with Crippen molar-refractivity contribution in [2.45, 2.75) is 53.1 Å². The lowest BCUT2D eigenvalue weighted by Crippen LogP contribution is -2.38. The van der Waals surface area contributed by atoms with Crippen LogP contribution in [-0.2, 0) is 6.54 Å². The molecular weight excluding hydrogens is 310 g/mol. The van der Waals surface area contributed by atoms with E-state index in [2.05, 4.69) is 34.3 Å². The number of rotatable bonds is 5. The zero-order chi connectivity index (χ0) is 17.1. The first-order valence-electron chi connectivity index (χ1n) is 7.78. The van der Waals surface area contributed by atoms with Gasteiger partial charge in [0.25, 0.3) is 0 Å². The highest BCUT2D eigenvalue weighted by Gasteiger charge is 2.22. The van der Waals surface area contributed by atoms with Gasteiger partial charge in [0.2, 0.25) is 0 Å². The van der Waals surface area contributed by atoms with Crippen LogP contribution in [0.4, 0.5) is 4.79 Å². The molecule has 2 N–H and O–H groups in total. The van der Waals surface area contributed by atoms with Gasteiger partial charge in [-0.3, -0.25) is 5.10 Å². The second kappa shape index (κ2) is 7.12. The number of urea groups is 1. The third-order valence-electron chi connectivity index (χ3n) is 3.99. The van der Waals surface area contributed by atoms with E-state index in [0.717, 1.165) is 26.8 Å². The van der Waals surface area contributed by atoms with E-state index in [1.54, 1.807) is 22.4 Å². The first-order chi connectivity index (χ1) is 10.8. The number of aryl methyl sites for hydroxylation is 2. The second-order valence-corrected chi connectivity index (χ2v) is 7.18. The predicted molar refractivity (Wildman–Crippen MR) is 92.7 cm³/mol. The van der Waals surface area contributed by atoms with Gasteiger partial charge in [-0.15, -0.1) is 11.3 Å². The van der Waals surface area contributed by atoms with Crippen molar-refractivity contribution in [2.24, 2.45) is 0 Å². The average Bonchev–Trinajstić information content (AvgIpc) is 3.09. The van der Waals surface area contributed by atoms with Crippen LogP contribution in [0.1, 0.15) is 59.6 Å². The minimum absolute atomic E-state index is 0.00885. The monoisotopic (exact) mass is 335 g/mol. The van der Waals surface area contributed by atoms with Crippen molar-refractivity contribution in [1.82, 2.24) is 25.4 Å². The summed E-state index contributed by atoms with van der Waals surface area (Å²) in [5.41, 5.74) is 2.98. The Hall–Kier alpha value is -1.89. The number of H-pyrrole nitrogens is 1. The molecule has 2 aromatic rings. The van der Waals surface area contributed by atoms with Crippen LogP contribution in [0, 0.1) is 13.8 Å². The number of carbonyl (C=O) groups excluding carboxylic acids is 1. The van der Waals surface area contributed by atoms with E-state index >= 15 is 0 Å². The molecule has 2 aromatic heterocycles. The number of thiazole rings is 1. The van der Waals surface area contributed by atoms with Crippen molar-refractivity contribution < 1.29 is 4.79 Å². The molecule has 0 spiro atoms. The van der Waals surface area contributed by atoms with Crippen molar-refractivity contribution >= 4 is 17.4 Å². The van der Waals surface area contributed by atoms with Crippen LogP contribution >= 0.6 is 11.3 Å². The molecule has 2 amide bonds. The first-order valence-corrected chi connectivity index (χ1v) is 8.59. The Kier molecular flexibility index (Phi) is 5.41. The van der Waals surface area contributed by atoms with Gasteiger partial charge >= 0.3 is 6.03 Å². The normalized spacial score (nSPS) is 12.5. The fourth-order valence-corrected chi connectivity index (χ4v) is 3.43. The lowest BCUT2D eigenvalue weighted by molar-refractivity contribution is 0.194. The van der Waals surface area contributed by atoms with Crippen LogP contribution < -0.4 is 5.32 Å². The highest BCUT2D eigenvalue weighted by molar-refractivity contribution is 7.11. The largest absolute Gasteiger partial charge is 0.334 e. The molecule has 1 unspecified atom stereocenters. The zero-order valence-electron chi connectivity index (χ0n) is 14.6. The maximum Gasteiger partial charge on any atom is 0.317 e. The highest BCUT2D eigenvalue weighted by Crippen LogP contribution is 2.31. The molecule has 1 atom stereocenters. The minimum Gasteiger partial charge on any atom is -0.334 e. The molecule has 23 heavy (non-hydrogen) atoms. The summed E-state index contributed by atoms with van der Waals surface area (Å²) >= 11 is 1.69. The van der Waals surface area contributed by atoms with Crippen molar-refractivity contribution in [1.29, 1.82) is 0 Å². The standard InChI is InChI=1S/C16H25N5OS/c1-9(2)15-19-11(4)14(23-15)12(5)21(6)16(22)17-7-13-8-18-20-10(13)3/h8-9,12H,7H2,1-6H3,(H,17,22)(H,18,20). The molecule has 2 rings (SSSR count). The average molecular weight is 335 g/mol. The van der Waals surface area contributed by atoms with Crippen LogP contribution in [0.3, 0.4) is 0 Å². The Balaban J connectivity index is 2.02. The molecule has 6 nitrogen and oxygen atoms in total. The SMILES string of the molecule is Cc1nc(C(C)C)sc1C(C)N(C)C(=O)NCc1cn[nH]c1C. The number of hydrogen-bond acceptors (Lipinski definition) is 4.